The van der Waals surface area contributed by atoms with E-state index in [2.05, 4.69) is 5.32 Å². The maximum atomic E-state index is 13.9. The van der Waals surface area contributed by atoms with Crippen molar-refractivity contribution in [3.8, 4) is 0 Å². The summed E-state index contributed by atoms with van der Waals surface area (Å²) in [5.74, 6) is -0.338. The molecule has 1 atom stereocenters. The number of aryl methyl sites for hydroxylation is 2. The molecular weight excluding hydrogens is 479 g/mol. The second-order valence-electron chi connectivity index (χ2n) is 8.83. The molecule has 0 aromatic heterocycles. The first-order chi connectivity index (χ1) is 16.8. The van der Waals surface area contributed by atoms with Crippen LogP contribution in [0.3, 0.4) is 0 Å². The molecule has 2 amide bonds. The molecule has 0 radical (unpaired) electrons. The van der Waals surface area contributed by atoms with Crippen LogP contribution in [-0.2, 0) is 29.0 Å². The zero-order valence-electron chi connectivity index (χ0n) is 20.5. The Morgan fingerprint density at radius 3 is 2.29 bits per heavy atom. The van der Waals surface area contributed by atoms with Crippen LogP contribution >= 0.6 is 23.2 Å². The number of benzene rings is 3. The molecule has 184 valence electrons. The van der Waals surface area contributed by atoms with Gasteiger partial charge in [0, 0.05) is 35.1 Å². The molecule has 4 nitrogen and oxygen atoms in total. The summed E-state index contributed by atoms with van der Waals surface area (Å²) in [6.45, 7) is 6.67. The number of hydrogen-bond donors (Lipinski definition) is 1. The van der Waals surface area contributed by atoms with Crippen LogP contribution < -0.4 is 5.32 Å². The number of nitrogens with zero attached hydrogens (tertiary/aromatic N) is 1. The van der Waals surface area contributed by atoms with Gasteiger partial charge in [-0.15, -0.1) is 0 Å². The number of nitrogens with one attached hydrogen (secondary N) is 1. The second kappa shape index (κ2) is 12.8. The highest BCUT2D eigenvalue weighted by atomic mass is 35.5. The summed E-state index contributed by atoms with van der Waals surface area (Å²) in [4.78, 5) is 28.9. The number of carbonyl (C=O) groups is 2. The largest absolute Gasteiger partial charge is 0.354 e. The SMILES string of the molecule is CCCNC(=O)[C@H](Cc1ccccc1)N(Cc1c(Cl)cccc1Cl)C(=O)Cc1cc(C)ccc1C. The summed E-state index contributed by atoms with van der Waals surface area (Å²) in [5.41, 5.74) is 4.67. The molecular formula is C29H32Cl2N2O2. The number of amides is 2. The Kier molecular flexibility index (Phi) is 9.76. The summed E-state index contributed by atoms with van der Waals surface area (Å²) < 4.78 is 0. The fourth-order valence-electron chi connectivity index (χ4n) is 4.03. The molecule has 0 spiro atoms. The van der Waals surface area contributed by atoms with E-state index in [0.717, 1.165) is 28.7 Å². The van der Waals surface area contributed by atoms with Crippen molar-refractivity contribution in [3.63, 3.8) is 0 Å². The van der Waals surface area contributed by atoms with E-state index >= 15 is 0 Å². The minimum Gasteiger partial charge on any atom is -0.354 e. The van der Waals surface area contributed by atoms with Crippen molar-refractivity contribution in [2.45, 2.75) is 52.6 Å². The van der Waals surface area contributed by atoms with Crippen molar-refractivity contribution in [1.82, 2.24) is 10.2 Å². The molecule has 6 heteroatoms. The van der Waals surface area contributed by atoms with Crippen LogP contribution in [0, 0.1) is 13.8 Å². The van der Waals surface area contributed by atoms with Gasteiger partial charge in [-0.05, 0) is 49.1 Å². The molecule has 35 heavy (non-hydrogen) atoms. The highest BCUT2D eigenvalue weighted by Gasteiger charge is 2.31. The lowest BCUT2D eigenvalue weighted by Gasteiger charge is -2.32. The fraction of sp³-hybridized carbons (Fsp3) is 0.310. The first-order valence-electron chi connectivity index (χ1n) is 11.9. The number of carbonyl (C=O) groups excluding carboxylic acids is 2. The van der Waals surface area contributed by atoms with Crippen molar-refractivity contribution in [3.05, 3.63) is 105 Å². The van der Waals surface area contributed by atoms with E-state index in [1.165, 1.54) is 0 Å². The molecule has 3 aromatic rings. The molecule has 0 fully saturated rings. The van der Waals surface area contributed by atoms with Crippen molar-refractivity contribution in [2.75, 3.05) is 6.54 Å². The Morgan fingerprint density at radius 2 is 1.63 bits per heavy atom. The van der Waals surface area contributed by atoms with Gasteiger partial charge in [0.15, 0.2) is 0 Å². The van der Waals surface area contributed by atoms with Crippen LogP contribution in [0.4, 0.5) is 0 Å². The first kappa shape index (κ1) is 26.8. The van der Waals surface area contributed by atoms with Gasteiger partial charge in [0.2, 0.25) is 11.8 Å². The van der Waals surface area contributed by atoms with Gasteiger partial charge in [0.25, 0.3) is 0 Å². The molecule has 0 bridgehead atoms. The fourth-order valence-corrected chi connectivity index (χ4v) is 4.55. The smallest absolute Gasteiger partial charge is 0.243 e. The molecule has 0 aliphatic carbocycles. The van der Waals surface area contributed by atoms with Crippen LogP contribution in [0.1, 0.15) is 41.2 Å². The third-order valence-corrected chi connectivity index (χ3v) is 6.77. The number of rotatable bonds is 10. The lowest BCUT2D eigenvalue weighted by molar-refractivity contribution is -0.140. The van der Waals surface area contributed by atoms with Crippen LogP contribution in [0.25, 0.3) is 0 Å². The van der Waals surface area contributed by atoms with E-state index in [1.807, 2.05) is 69.3 Å². The summed E-state index contributed by atoms with van der Waals surface area (Å²) in [6, 6.07) is 20.4. The zero-order valence-corrected chi connectivity index (χ0v) is 22.0. The van der Waals surface area contributed by atoms with Gasteiger partial charge in [0.1, 0.15) is 6.04 Å². The number of hydrogen-bond acceptors (Lipinski definition) is 2. The highest BCUT2D eigenvalue weighted by Crippen LogP contribution is 2.28. The maximum Gasteiger partial charge on any atom is 0.243 e. The van der Waals surface area contributed by atoms with Gasteiger partial charge in [-0.3, -0.25) is 9.59 Å². The summed E-state index contributed by atoms with van der Waals surface area (Å²) in [6.07, 6.45) is 1.37. The third-order valence-electron chi connectivity index (χ3n) is 6.06. The minimum atomic E-state index is -0.714. The van der Waals surface area contributed by atoms with Crippen molar-refractivity contribution in [1.29, 1.82) is 0 Å². The summed E-state index contributed by atoms with van der Waals surface area (Å²) in [7, 11) is 0. The minimum absolute atomic E-state index is 0.138. The second-order valence-corrected chi connectivity index (χ2v) is 9.64. The monoisotopic (exact) mass is 510 g/mol. The Labute approximate surface area is 218 Å². The quantitative estimate of drug-likeness (QED) is 0.346. The molecule has 1 N–H and O–H groups in total. The van der Waals surface area contributed by atoms with E-state index in [4.69, 9.17) is 23.2 Å². The zero-order chi connectivity index (χ0) is 25.4. The standard InChI is InChI=1S/C29H32Cl2N2O2/c1-4-15-32-29(35)27(17-22-9-6-5-7-10-22)33(19-24-25(30)11-8-12-26(24)31)28(34)18-23-16-20(2)13-14-21(23)3/h5-14,16,27H,4,15,17-19H2,1-3H3,(H,32,35)/t27-/m0/s1. The van der Waals surface area contributed by atoms with Crippen molar-refractivity contribution in [2.24, 2.45) is 0 Å². The van der Waals surface area contributed by atoms with Gasteiger partial charge in [-0.25, -0.2) is 0 Å². The van der Waals surface area contributed by atoms with Gasteiger partial charge >= 0.3 is 0 Å². The molecule has 0 saturated carbocycles. The highest BCUT2D eigenvalue weighted by molar-refractivity contribution is 6.36. The molecule has 0 aliphatic heterocycles. The normalized spacial score (nSPS) is 11.7. The first-order valence-corrected chi connectivity index (χ1v) is 12.7. The average Bonchev–Trinajstić information content (AvgIpc) is 2.84. The summed E-state index contributed by atoms with van der Waals surface area (Å²) in [5, 5.41) is 3.92. The Morgan fingerprint density at radius 1 is 0.943 bits per heavy atom. The van der Waals surface area contributed by atoms with E-state index < -0.39 is 6.04 Å². The van der Waals surface area contributed by atoms with Gasteiger partial charge in [-0.1, -0.05) is 90.3 Å². The van der Waals surface area contributed by atoms with Crippen molar-refractivity contribution < 1.29 is 9.59 Å². The molecule has 3 aromatic carbocycles. The molecule has 0 unspecified atom stereocenters. The van der Waals surface area contributed by atoms with Crippen LogP contribution in [0.2, 0.25) is 10.0 Å². The van der Waals surface area contributed by atoms with E-state index in [9.17, 15) is 9.59 Å². The van der Waals surface area contributed by atoms with Gasteiger partial charge in [-0.2, -0.15) is 0 Å². The average molecular weight is 511 g/mol. The van der Waals surface area contributed by atoms with Crippen LogP contribution in [0.5, 0.6) is 0 Å². The Bertz CT molecular complexity index is 1140. The Hall–Kier alpha value is -2.82. The summed E-state index contributed by atoms with van der Waals surface area (Å²) >= 11 is 13.0. The molecule has 3 rings (SSSR count). The Balaban J connectivity index is 2.03. The van der Waals surface area contributed by atoms with E-state index in [0.29, 0.717) is 28.6 Å². The lowest BCUT2D eigenvalue weighted by atomic mass is 9.99. The molecule has 0 heterocycles. The molecule has 0 saturated heterocycles. The maximum absolute atomic E-state index is 13.9. The van der Waals surface area contributed by atoms with Crippen molar-refractivity contribution >= 4 is 35.0 Å². The molecule has 0 aliphatic rings. The van der Waals surface area contributed by atoms with Crippen LogP contribution in [-0.4, -0.2) is 29.3 Å². The predicted octanol–water partition coefficient (Wildman–Crippen LogP) is 6.32. The van der Waals surface area contributed by atoms with E-state index in [1.54, 1.807) is 23.1 Å². The van der Waals surface area contributed by atoms with Gasteiger partial charge in [0.05, 0.1) is 6.42 Å². The van der Waals surface area contributed by atoms with Gasteiger partial charge < -0.3 is 10.2 Å². The van der Waals surface area contributed by atoms with Crippen LogP contribution in [0.15, 0.2) is 66.7 Å². The van der Waals surface area contributed by atoms with E-state index in [-0.39, 0.29) is 24.8 Å². The third kappa shape index (κ3) is 7.33. The lowest BCUT2D eigenvalue weighted by Crippen LogP contribution is -2.51. The number of halogens is 2. The predicted molar refractivity (Wildman–Crippen MR) is 144 cm³/mol. The topological polar surface area (TPSA) is 49.4 Å².